The van der Waals surface area contributed by atoms with Gasteiger partial charge in [-0.3, -0.25) is 9.59 Å². The third-order valence-electron chi connectivity index (χ3n) is 7.23. The van der Waals surface area contributed by atoms with Crippen LogP contribution in [0.4, 0.5) is 5.82 Å². The summed E-state index contributed by atoms with van der Waals surface area (Å²) >= 11 is 0. The minimum absolute atomic E-state index is 0.0924. The molecule has 1 aromatic heterocycles. The highest BCUT2D eigenvalue weighted by Gasteiger charge is 2.31. The second-order valence-electron chi connectivity index (χ2n) is 9.82. The standard InChI is InChI=1S/C27H34N4O5/c32-24(33)15-22(21-8-1-9-23-25(21)36-17-35-23)30-27(34)19-6-3-13-31(16-19)14-4-7-20-11-10-18-5-2-12-28-26(18)29-20/h1,8-11,19,22H,2-7,12-17H2,(H,28,29)(H,30,34)(H,32,33)/t19-,22+/m1/s1. The van der Waals surface area contributed by atoms with E-state index in [4.69, 9.17) is 14.5 Å². The van der Waals surface area contributed by atoms with Crippen LogP contribution in [0.1, 0.15) is 55.0 Å². The van der Waals surface area contributed by atoms with Gasteiger partial charge in [0.05, 0.1) is 18.4 Å². The van der Waals surface area contributed by atoms with Gasteiger partial charge in [0, 0.05) is 24.3 Å². The molecule has 0 aliphatic carbocycles. The summed E-state index contributed by atoms with van der Waals surface area (Å²) in [6.07, 6.45) is 5.66. The summed E-state index contributed by atoms with van der Waals surface area (Å²) < 4.78 is 11.0. The molecule has 2 atom stereocenters. The van der Waals surface area contributed by atoms with Crippen LogP contribution in [-0.2, 0) is 22.4 Å². The molecule has 36 heavy (non-hydrogen) atoms. The predicted octanol–water partition coefficient (Wildman–Crippen LogP) is 3.15. The normalized spacial score (nSPS) is 19.7. The number of carboxylic acids is 1. The molecule has 9 nitrogen and oxygen atoms in total. The molecular weight excluding hydrogens is 460 g/mol. The van der Waals surface area contributed by atoms with Gasteiger partial charge in [0.25, 0.3) is 0 Å². The molecule has 9 heteroatoms. The Balaban J connectivity index is 1.16. The molecule has 3 aliphatic heterocycles. The van der Waals surface area contributed by atoms with Crippen LogP contribution in [0.3, 0.4) is 0 Å². The fraction of sp³-hybridized carbons (Fsp3) is 0.519. The number of carbonyl (C=O) groups excluding carboxylic acids is 1. The average Bonchev–Trinajstić information content (AvgIpc) is 3.37. The van der Waals surface area contributed by atoms with Crippen molar-refractivity contribution in [3.05, 3.63) is 47.2 Å². The van der Waals surface area contributed by atoms with Crippen molar-refractivity contribution in [2.75, 3.05) is 38.3 Å². The Labute approximate surface area is 211 Å². The third kappa shape index (κ3) is 5.73. The number of ether oxygens (including phenoxy) is 2. The summed E-state index contributed by atoms with van der Waals surface area (Å²) in [4.78, 5) is 31.9. The molecule has 2 aromatic rings. The summed E-state index contributed by atoms with van der Waals surface area (Å²) in [7, 11) is 0. The van der Waals surface area contributed by atoms with E-state index in [1.807, 2.05) is 0 Å². The van der Waals surface area contributed by atoms with Crippen molar-refractivity contribution in [3.63, 3.8) is 0 Å². The number of hydrogen-bond donors (Lipinski definition) is 3. The largest absolute Gasteiger partial charge is 0.481 e. The minimum atomic E-state index is -0.979. The Morgan fingerprint density at radius 1 is 1.22 bits per heavy atom. The Morgan fingerprint density at radius 2 is 2.14 bits per heavy atom. The first-order valence-electron chi connectivity index (χ1n) is 12.9. The van der Waals surface area contributed by atoms with Gasteiger partial charge in [0.15, 0.2) is 11.5 Å². The zero-order chi connectivity index (χ0) is 24.9. The number of nitrogens with one attached hydrogen (secondary N) is 2. The van der Waals surface area contributed by atoms with Crippen LogP contribution in [-0.4, -0.2) is 59.8 Å². The molecule has 5 rings (SSSR count). The number of likely N-dealkylation sites (tertiary alicyclic amines) is 1. The number of aromatic nitrogens is 1. The van der Waals surface area contributed by atoms with Gasteiger partial charge in [-0.15, -0.1) is 0 Å². The van der Waals surface area contributed by atoms with Gasteiger partial charge in [-0.2, -0.15) is 0 Å². The Hall–Kier alpha value is -3.33. The molecule has 0 saturated carbocycles. The molecule has 1 amide bonds. The molecule has 1 saturated heterocycles. The average molecular weight is 495 g/mol. The quantitative estimate of drug-likeness (QED) is 0.487. The maximum absolute atomic E-state index is 13.2. The number of anilines is 1. The van der Waals surface area contributed by atoms with Crippen LogP contribution < -0.4 is 20.1 Å². The smallest absolute Gasteiger partial charge is 0.305 e. The molecule has 0 unspecified atom stereocenters. The zero-order valence-corrected chi connectivity index (χ0v) is 20.5. The number of carboxylic acid groups (broad SMARTS) is 1. The van der Waals surface area contributed by atoms with E-state index in [1.54, 1.807) is 18.2 Å². The number of hydrogen-bond acceptors (Lipinski definition) is 7. The van der Waals surface area contributed by atoms with E-state index in [0.717, 1.165) is 69.7 Å². The lowest BCUT2D eigenvalue weighted by Gasteiger charge is -2.33. The first-order chi connectivity index (χ1) is 17.6. The molecular formula is C27H34N4O5. The number of pyridine rings is 1. The molecule has 0 radical (unpaired) electrons. The van der Waals surface area contributed by atoms with Crippen molar-refractivity contribution < 1.29 is 24.2 Å². The van der Waals surface area contributed by atoms with Crippen molar-refractivity contribution in [3.8, 4) is 11.5 Å². The predicted molar refractivity (Wildman–Crippen MR) is 134 cm³/mol. The van der Waals surface area contributed by atoms with Crippen LogP contribution in [0.25, 0.3) is 0 Å². The number of aliphatic carboxylic acids is 1. The first-order valence-corrected chi connectivity index (χ1v) is 12.9. The number of nitrogens with zero attached hydrogens (tertiary/aromatic N) is 2. The number of carbonyl (C=O) groups is 2. The molecule has 0 spiro atoms. The van der Waals surface area contributed by atoms with Crippen molar-refractivity contribution in [1.29, 1.82) is 0 Å². The molecule has 1 fully saturated rings. The maximum atomic E-state index is 13.2. The summed E-state index contributed by atoms with van der Waals surface area (Å²) in [5.74, 6) is 0.865. The van der Waals surface area contributed by atoms with Gasteiger partial charge in [-0.25, -0.2) is 4.98 Å². The summed E-state index contributed by atoms with van der Waals surface area (Å²) in [6.45, 7) is 3.64. The molecule has 4 heterocycles. The number of fused-ring (bicyclic) bond motifs is 2. The lowest BCUT2D eigenvalue weighted by molar-refractivity contribution is -0.138. The van der Waals surface area contributed by atoms with Gasteiger partial charge < -0.3 is 30.1 Å². The van der Waals surface area contributed by atoms with Crippen molar-refractivity contribution in [1.82, 2.24) is 15.2 Å². The van der Waals surface area contributed by atoms with E-state index >= 15 is 0 Å². The van der Waals surface area contributed by atoms with Crippen molar-refractivity contribution in [2.24, 2.45) is 5.92 Å². The van der Waals surface area contributed by atoms with Crippen molar-refractivity contribution >= 4 is 17.7 Å². The fourth-order valence-corrected chi connectivity index (χ4v) is 5.39. The van der Waals surface area contributed by atoms with Crippen LogP contribution in [0.5, 0.6) is 11.5 Å². The summed E-state index contributed by atoms with van der Waals surface area (Å²) in [5, 5.41) is 15.9. The van der Waals surface area contributed by atoms with Gasteiger partial charge >= 0.3 is 5.97 Å². The number of aryl methyl sites for hydroxylation is 2. The Morgan fingerprint density at radius 3 is 3.03 bits per heavy atom. The monoisotopic (exact) mass is 494 g/mol. The molecule has 192 valence electrons. The zero-order valence-electron chi connectivity index (χ0n) is 20.5. The first kappa shape index (κ1) is 24.4. The highest BCUT2D eigenvalue weighted by atomic mass is 16.7. The number of benzene rings is 1. The van der Waals surface area contributed by atoms with Gasteiger partial charge in [0.2, 0.25) is 12.7 Å². The van der Waals surface area contributed by atoms with E-state index in [2.05, 4.69) is 27.7 Å². The second-order valence-corrected chi connectivity index (χ2v) is 9.82. The Bertz CT molecular complexity index is 1110. The number of piperidine rings is 1. The lowest BCUT2D eigenvalue weighted by Crippen LogP contribution is -2.44. The van der Waals surface area contributed by atoms with E-state index in [1.165, 1.54) is 5.56 Å². The molecule has 0 bridgehead atoms. The maximum Gasteiger partial charge on any atom is 0.305 e. The van der Waals surface area contributed by atoms with Gasteiger partial charge in [-0.05, 0) is 69.3 Å². The van der Waals surface area contributed by atoms with Gasteiger partial charge in [0.1, 0.15) is 5.82 Å². The fourth-order valence-electron chi connectivity index (χ4n) is 5.39. The van der Waals surface area contributed by atoms with E-state index in [-0.39, 0.29) is 25.0 Å². The number of para-hydroxylation sites is 1. The van der Waals surface area contributed by atoms with Crippen molar-refractivity contribution in [2.45, 2.75) is 51.0 Å². The lowest BCUT2D eigenvalue weighted by atomic mass is 9.95. The van der Waals surface area contributed by atoms with E-state index in [9.17, 15) is 14.7 Å². The van der Waals surface area contributed by atoms with E-state index in [0.29, 0.717) is 23.6 Å². The third-order valence-corrected chi connectivity index (χ3v) is 7.23. The summed E-state index contributed by atoms with van der Waals surface area (Å²) in [5.41, 5.74) is 3.05. The molecule has 1 aromatic carbocycles. The highest BCUT2D eigenvalue weighted by Crippen LogP contribution is 2.39. The van der Waals surface area contributed by atoms with Crippen LogP contribution in [0, 0.1) is 5.92 Å². The number of rotatable bonds is 9. The number of amides is 1. The van der Waals surface area contributed by atoms with Crippen LogP contribution >= 0.6 is 0 Å². The SMILES string of the molecule is O=C(O)C[C@H](NC(=O)[C@@H]1CCCN(CCCc2ccc3c(n2)NCCC3)C1)c1cccc2c1OCO2. The minimum Gasteiger partial charge on any atom is -0.481 e. The molecule has 3 aliphatic rings. The van der Waals surface area contributed by atoms with E-state index < -0.39 is 12.0 Å². The Kier molecular flexibility index (Phi) is 7.55. The highest BCUT2D eigenvalue weighted by molar-refractivity contribution is 5.80. The topological polar surface area (TPSA) is 113 Å². The second kappa shape index (κ2) is 11.2. The van der Waals surface area contributed by atoms with Gasteiger partial charge in [-0.1, -0.05) is 18.2 Å². The van der Waals surface area contributed by atoms with Crippen LogP contribution in [0.2, 0.25) is 0 Å². The van der Waals surface area contributed by atoms with Crippen LogP contribution in [0.15, 0.2) is 30.3 Å². The molecule has 3 N–H and O–H groups in total. The summed E-state index contributed by atoms with van der Waals surface area (Å²) in [6, 6.07) is 9.01.